The third-order valence-electron chi connectivity index (χ3n) is 3.32. The number of benzene rings is 1. The zero-order valence-electron chi connectivity index (χ0n) is 12.3. The van der Waals surface area contributed by atoms with Gasteiger partial charge in [-0.25, -0.2) is 0 Å². The topological polar surface area (TPSA) is 20.2 Å². The minimum Gasteiger partial charge on any atom is -0.385 e. The second-order valence-corrected chi connectivity index (χ2v) is 6.04. The Labute approximate surface area is 118 Å². The van der Waals surface area contributed by atoms with Crippen LogP contribution in [-0.2, 0) is 12.0 Å². The number of rotatable bonds is 6. The predicted octanol–water partition coefficient (Wildman–Crippen LogP) is 4.83. The third-order valence-corrected chi connectivity index (χ3v) is 3.32. The number of halogens is 3. The molecule has 0 aromatic heterocycles. The average Bonchev–Trinajstić information content (AvgIpc) is 2.26. The van der Waals surface area contributed by atoms with Crippen molar-refractivity contribution >= 4 is 0 Å². The van der Waals surface area contributed by atoms with Gasteiger partial charge in [-0.1, -0.05) is 38.1 Å². The van der Waals surface area contributed by atoms with Crippen LogP contribution in [0.15, 0.2) is 24.3 Å². The Hall–Kier alpha value is -1.03. The molecule has 0 bridgehead atoms. The first kappa shape index (κ1) is 17.0. The zero-order chi connectivity index (χ0) is 15.4. The van der Waals surface area contributed by atoms with E-state index < -0.39 is 18.2 Å². The van der Waals surface area contributed by atoms with Gasteiger partial charge in [0.25, 0.3) is 0 Å². The van der Waals surface area contributed by atoms with Gasteiger partial charge < -0.3 is 5.11 Å². The highest BCUT2D eigenvalue weighted by molar-refractivity contribution is 5.28. The van der Waals surface area contributed by atoms with E-state index in [0.29, 0.717) is 11.5 Å². The zero-order valence-corrected chi connectivity index (χ0v) is 12.3. The molecular weight excluding hydrogens is 265 g/mol. The van der Waals surface area contributed by atoms with Crippen LogP contribution in [0.1, 0.15) is 51.2 Å². The average molecular weight is 288 g/mol. The van der Waals surface area contributed by atoms with Crippen molar-refractivity contribution in [3.63, 3.8) is 0 Å². The maximum Gasteiger partial charge on any atom is 0.389 e. The molecule has 4 heteroatoms. The summed E-state index contributed by atoms with van der Waals surface area (Å²) in [6, 6.07) is 7.51. The first-order valence-electron chi connectivity index (χ1n) is 6.99. The highest BCUT2D eigenvalue weighted by Crippen LogP contribution is 2.30. The Morgan fingerprint density at radius 1 is 1.15 bits per heavy atom. The molecule has 1 N–H and O–H groups in total. The molecule has 0 radical (unpaired) electrons. The molecule has 0 aliphatic rings. The molecule has 1 rings (SSSR count). The van der Waals surface area contributed by atoms with Crippen LogP contribution in [0.25, 0.3) is 0 Å². The fraction of sp³-hybridized carbons (Fsp3) is 0.625. The molecule has 0 spiro atoms. The Morgan fingerprint density at radius 3 is 2.35 bits per heavy atom. The van der Waals surface area contributed by atoms with E-state index in [-0.39, 0.29) is 12.8 Å². The van der Waals surface area contributed by atoms with Crippen molar-refractivity contribution in [2.75, 3.05) is 0 Å². The molecule has 114 valence electrons. The van der Waals surface area contributed by atoms with Gasteiger partial charge in [0.15, 0.2) is 0 Å². The monoisotopic (exact) mass is 288 g/mol. The van der Waals surface area contributed by atoms with Crippen LogP contribution in [0.2, 0.25) is 0 Å². The Balaban J connectivity index is 2.71. The van der Waals surface area contributed by atoms with Gasteiger partial charge in [-0.3, -0.25) is 0 Å². The van der Waals surface area contributed by atoms with Gasteiger partial charge in [0, 0.05) is 6.42 Å². The lowest BCUT2D eigenvalue weighted by atomic mass is 9.88. The lowest BCUT2D eigenvalue weighted by Crippen LogP contribution is -2.22. The first-order chi connectivity index (χ1) is 9.10. The van der Waals surface area contributed by atoms with Crippen LogP contribution < -0.4 is 0 Å². The minimum atomic E-state index is -4.16. The molecule has 0 aliphatic carbocycles. The predicted molar refractivity (Wildman–Crippen MR) is 74.5 cm³/mol. The molecule has 1 aromatic carbocycles. The van der Waals surface area contributed by atoms with E-state index >= 15 is 0 Å². The second-order valence-electron chi connectivity index (χ2n) is 6.04. The summed E-state index contributed by atoms with van der Waals surface area (Å²) in [5.74, 6) is 0.500. The fourth-order valence-electron chi connectivity index (χ4n) is 2.28. The largest absolute Gasteiger partial charge is 0.389 e. The molecule has 1 unspecified atom stereocenters. The van der Waals surface area contributed by atoms with Crippen LogP contribution in [-0.4, -0.2) is 11.3 Å². The molecule has 0 fully saturated rings. The first-order valence-corrected chi connectivity index (χ1v) is 6.99. The fourth-order valence-corrected chi connectivity index (χ4v) is 2.28. The van der Waals surface area contributed by atoms with Gasteiger partial charge in [0.05, 0.1) is 5.60 Å². The van der Waals surface area contributed by atoms with E-state index in [1.807, 2.05) is 18.2 Å². The smallest absolute Gasteiger partial charge is 0.385 e. The number of alkyl halides is 3. The van der Waals surface area contributed by atoms with Gasteiger partial charge >= 0.3 is 6.18 Å². The van der Waals surface area contributed by atoms with Gasteiger partial charge in [0.1, 0.15) is 0 Å². The third kappa shape index (κ3) is 5.95. The van der Waals surface area contributed by atoms with Crippen molar-refractivity contribution in [3.05, 3.63) is 35.4 Å². The van der Waals surface area contributed by atoms with E-state index in [2.05, 4.69) is 13.8 Å². The van der Waals surface area contributed by atoms with Gasteiger partial charge in [0.2, 0.25) is 0 Å². The SMILES string of the molecule is CC(C)Cc1cccc(C(C)(O)CCCC(F)(F)F)c1. The summed E-state index contributed by atoms with van der Waals surface area (Å²) in [7, 11) is 0. The summed E-state index contributed by atoms with van der Waals surface area (Å²) in [4.78, 5) is 0. The second kappa shape index (κ2) is 6.61. The van der Waals surface area contributed by atoms with E-state index in [4.69, 9.17) is 0 Å². The Morgan fingerprint density at radius 2 is 1.80 bits per heavy atom. The Bertz CT molecular complexity index is 422. The Kier molecular flexibility index (Phi) is 5.63. The molecule has 20 heavy (non-hydrogen) atoms. The summed E-state index contributed by atoms with van der Waals surface area (Å²) in [6.45, 7) is 5.79. The van der Waals surface area contributed by atoms with Crippen molar-refractivity contribution in [1.29, 1.82) is 0 Å². The molecule has 1 nitrogen and oxygen atoms in total. The van der Waals surface area contributed by atoms with Crippen LogP contribution in [0.4, 0.5) is 13.2 Å². The maximum absolute atomic E-state index is 12.2. The molecular formula is C16H23F3O. The maximum atomic E-state index is 12.2. The molecule has 1 aromatic rings. The molecule has 0 saturated carbocycles. The van der Waals surface area contributed by atoms with Crippen molar-refractivity contribution in [1.82, 2.24) is 0 Å². The summed E-state index contributed by atoms with van der Waals surface area (Å²) in [5, 5.41) is 10.4. The number of hydrogen-bond acceptors (Lipinski definition) is 1. The van der Waals surface area contributed by atoms with Gasteiger partial charge in [-0.2, -0.15) is 13.2 Å². The standard InChI is InChI=1S/C16H23F3O/c1-12(2)10-13-6-4-7-14(11-13)15(3,20)8-5-9-16(17,18)19/h4,6-7,11-12,20H,5,8-10H2,1-3H3. The quantitative estimate of drug-likeness (QED) is 0.795. The van der Waals surface area contributed by atoms with Crippen molar-refractivity contribution < 1.29 is 18.3 Å². The normalized spacial score (nSPS) is 15.4. The molecule has 0 saturated heterocycles. The van der Waals surface area contributed by atoms with Crippen molar-refractivity contribution in [2.24, 2.45) is 5.92 Å². The minimum absolute atomic E-state index is 0.0646. The van der Waals surface area contributed by atoms with Gasteiger partial charge in [-0.05, 0) is 43.2 Å². The highest BCUT2D eigenvalue weighted by atomic mass is 19.4. The summed E-state index contributed by atoms with van der Waals surface area (Å²) >= 11 is 0. The number of hydrogen-bond donors (Lipinski definition) is 1. The summed E-state index contributed by atoms with van der Waals surface area (Å²) in [5.41, 5.74) is 0.588. The molecule has 1 atom stereocenters. The van der Waals surface area contributed by atoms with Gasteiger partial charge in [-0.15, -0.1) is 0 Å². The van der Waals surface area contributed by atoms with Crippen molar-refractivity contribution in [2.45, 2.75) is 58.2 Å². The lowest BCUT2D eigenvalue weighted by molar-refractivity contribution is -0.137. The van der Waals surface area contributed by atoms with Crippen LogP contribution in [0, 0.1) is 5.92 Å². The van der Waals surface area contributed by atoms with Crippen molar-refractivity contribution in [3.8, 4) is 0 Å². The highest BCUT2D eigenvalue weighted by Gasteiger charge is 2.29. The van der Waals surface area contributed by atoms with E-state index in [1.54, 1.807) is 13.0 Å². The van der Waals surface area contributed by atoms with Crippen LogP contribution in [0.3, 0.4) is 0 Å². The molecule has 0 amide bonds. The summed E-state index contributed by atoms with van der Waals surface area (Å²) < 4.78 is 36.5. The van der Waals surface area contributed by atoms with Crippen LogP contribution in [0.5, 0.6) is 0 Å². The molecule has 0 aliphatic heterocycles. The van der Waals surface area contributed by atoms with E-state index in [1.165, 1.54) is 0 Å². The van der Waals surface area contributed by atoms with E-state index in [0.717, 1.165) is 12.0 Å². The lowest BCUT2D eigenvalue weighted by Gasteiger charge is -2.25. The summed E-state index contributed by atoms with van der Waals surface area (Å²) in [6.07, 6.45) is -4.07. The molecule has 0 heterocycles. The van der Waals surface area contributed by atoms with Crippen LogP contribution >= 0.6 is 0 Å². The van der Waals surface area contributed by atoms with E-state index in [9.17, 15) is 18.3 Å². The number of aliphatic hydroxyl groups is 1.